The number of halogens is 2. The minimum atomic E-state index is -0.291. The second-order valence-electron chi connectivity index (χ2n) is 5.49. The summed E-state index contributed by atoms with van der Waals surface area (Å²) < 4.78 is 24.6. The van der Waals surface area contributed by atoms with Crippen molar-refractivity contribution in [2.45, 2.75) is 20.0 Å². The molecule has 5 nitrogen and oxygen atoms in total. The molecule has 140 valence electrons. The molecular weight excluding hydrogens is 401 g/mol. The van der Waals surface area contributed by atoms with E-state index in [-0.39, 0.29) is 5.82 Å². The van der Waals surface area contributed by atoms with E-state index < -0.39 is 0 Å². The van der Waals surface area contributed by atoms with Gasteiger partial charge in [-0.3, -0.25) is 0 Å². The number of nitrogens with zero attached hydrogens (tertiary/aromatic N) is 1. The van der Waals surface area contributed by atoms with Crippen molar-refractivity contribution in [1.29, 1.82) is 0 Å². The molecule has 0 aliphatic carbocycles. The molecule has 0 bridgehead atoms. The van der Waals surface area contributed by atoms with Crippen LogP contribution in [0.1, 0.15) is 18.1 Å². The summed E-state index contributed by atoms with van der Waals surface area (Å²) in [4.78, 5) is 4.50. The fraction of sp³-hybridized carbons (Fsp3) is 0.316. The minimum Gasteiger partial charge on any atom is -0.493 e. The molecule has 0 aromatic heterocycles. The van der Waals surface area contributed by atoms with Crippen LogP contribution in [0.15, 0.2) is 45.9 Å². The van der Waals surface area contributed by atoms with Gasteiger partial charge in [0.1, 0.15) is 5.82 Å². The van der Waals surface area contributed by atoms with Crippen molar-refractivity contribution in [3.63, 3.8) is 0 Å². The van der Waals surface area contributed by atoms with Crippen LogP contribution in [-0.4, -0.2) is 26.7 Å². The van der Waals surface area contributed by atoms with Crippen LogP contribution in [0.3, 0.4) is 0 Å². The van der Waals surface area contributed by atoms with Gasteiger partial charge in [0.2, 0.25) is 0 Å². The quantitative estimate of drug-likeness (QED) is 0.524. The Bertz CT molecular complexity index is 768. The number of hydrogen-bond donors (Lipinski definition) is 2. The van der Waals surface area contributed by atoms with Crippen molar-refractivity contribution in [2.24, 2.45) is 4.99 Å². The minimum absolute atomic E-state index is 0.291. The molecule has 0 radical (unpaired) electrons. The number of ether oxygens (including phenoxy) is 2. The first kappa shape index (κ1) is 20.0. The van der Waals surface area contributed by atoms with Gasteiger partial charge in [-0.05, 0) is 58.2 Å². The number of hydrogen-bond acceptors (Lipinski definition) is 3. The largest absolute Gasteiger partial charge is 0.493 e. The van der Waals surface area contributed by atoms with Crippen LogP contribution in [0.25, 0.3) is 0 Å². The number of aliphatic imine (C=N–C) groups is 1. The predicted molar refractivity (Wildman–Crippen MR) is 105 cm³/mol. The van der Waals surface area contributed by atoms with Gasteiger partial charge in [0, 0.05) is 13.1 Å². The lowest BCUT2D eigenvalue weighted by molar-refractivity contribution is 0.354. The number of guanidine groups is 1. The molecule has 0 aliphatic heterocycles. The second kappa shape index (κ2) is 10.0. The Balaban J connectivity index is 2.04. The molecule has 0 amide bonds. The molecule has 2 N–H and O–H groups in total. The molecule has 2 rings (SSSR count). The predicted octanol–water partition coefficient (Wildman–Crippen LogP) is 3.86. The Kier molecular flexibility index (Phi) is 7.72. The third kappa shape index (κ3) is 5.62. The van der Waals surface area contributed by atoms with Crippen molar-refractivity contribution >= 4 is 21.9 Å². The Morgan fingerprint density at radius 2 is 1.77 bits per heavy atom. The van der Waals surface area contributed by atoms with Gasteiger partial charge in [-0.2, -0.15) is 0 Å². The van der Waals surface area contributed by atoms with Crippen LogP contribution in [-0.2, 0) is 13.1 Å². The van der Waals surface area contributed by atoms with E-state index in [1.807, 2.05) is 31.2 Å². The smallest absolute Gasteiger partial charge is 0.191 e. The number of nitrogens with one attached hydrogen (secondary N) is 2. The molecule has 0 saturated heterocycles. The van der Waals surface area contributed by atoms with E-state index in [0.717, 1.165) is 17.7 Å². The molecule has 7 heteroatoms. The van der Waals surface area contributed by atoms with Crippen molar-refractivity contribution in [3.8, 4) is 11.5 Å². The van der Waals surface area contributed by atoms with Gasteiger partial charge in [-0.15, -0.1) is 0 Å². The molecule has 2 aromatic rings. The van der Waals surface area contributed by atoms with Crippen LogP contribution in [0, 0.1) is 5.82 Å². The fourth-order valence-electron chi connectivity index (χ4n) is 2.33. The van der Waals surface area contributed by atoms with Crippen LogP contribution < -0.4 is 20.1 Å². The maximum absolute atomic E-state index is 13.6. The maximum atomic E-state index is 13.6. The van der Waals surface area contributed by atoms with Crippen LogP contribution >= 0.6 is 15.9 Å². The van der Waals surface area contributed by atoms with Crippen molar-refractivity contribution in [2.75, 3.05) is 20.8 Å². The molecule has 0 unspecified atom stereocenters. The highest BCUT2D eigenvalue weighted by atomic mass is 79.9. The highest BCUT2D eigenvalue weighted by Crippen LogP contribution is 2.27. The van der Waals surface area contributed by atoms with Crippen LogP contribution in [0.2, 0.25) is 0 Å². The van der Waals surface area contributed by atoms with E-state index >= 15 is 0 Å². The Morgan fingerprint density at radius 1 is 1.04 bits per heavy atom. The van der Waals surface area contributed by atoms with Crippen LogP contribution in [0.5, 0.6) is 11.5 Å². The average molecular weight is 424 g/mol. The Labute approximate surface area is 161 Å². The zero-order valence-electron chi connectivity index (χ0n) is 15.1. The molecule has 0 fully saturated rings. The van der Waals surface area contributed by atoms with Gasteiger partial charge < -0.3 is 20.1 Å². The molecule has 0 aliphatic rings. The second-order valence-corrected chi connectivity index (χ2v) is 6.34. The average Bonchev–Trinajstić information content (AvgIpc) is 2.66. The van der Waals surface area contributed by atoms with E-state index in [0.29, 0.717) is 35.0 Å². The van der Waals surface area contributed by atoms with Gasteiger partial charge in [-0.1, -0.05) is 12.1 Å². The van der Waals surface area contributed by atoms with Gasteiger partial charge in [0.25, 0.3) is 0 Å². The summed E-state index contributed by atoms with van der Waals surface area (Å²) in [5, 5.41) is 6.44. The first-order valence-electron chi connectivity index (χ1n) is 8.24. The standard InChI is InChI=1S/C19H23BrFN3O2/c1-4-22-19(23-11-13-5-7-15(20)16(21)9-13)24-12-14-6-8-17(25-2)18(10-14)26-3/h5-10H,4,11-12H2,1-3H3,(H2,22,23,24). The van der Waals surface area contributed by atoms with E-state index in [4.69, 9.17) is 9.47 Å². The molecular formula is C19H23BrFN3O2. The van der Waals surface area contributed by atoms with Crippen molar-refractivity contribution in [1.82, 2.24) is 10.6 Å². The molecule has 0 heterocycles. The van der Waals surface area contributed by atoms with E-state index in [2.05, 4.69) is 31.6 Å². The number of methoxy groups -OCH3 is 2. The normalized spacial score (nSPS) is 11.2. The van der Waals surface area contributed by atoms with Crippen molar-refractivity contribution in [3.05, 3.63) is 57.8 Å². The SMILES string of the molecule is CCNC(=NCc1ccc(Br)c(F)c1)NCc1ccc(OC)c(OC)c1. The lowest BCUT2D eigenvalue weighted by atomic mass is 10.2. The van der Waals surface area contributed by atoms with Gasteiger partial charge >= 0.3 is 0 Å². The lowest BCUT2D eigenvalue weighted by Crippen LogP contribution is -2.36. The highest BCUT2D eigenvalue weighted by Gasteiger charge is 2.06. The molecule has 2 aromatic carbocycles. The molecule has 0 spiro atoms. The summed E-state index contributed by atoms with van der Waals surface area (Å²) >= 11 is 3.15. The summed E-state index contributed by atoms with van der Waals surface area (Å²) in [6, 6.07) is 10.7. The first-order valence-corrected chi connectivity index (χ1v) is 9.03. The Morgan fingerprint density at radius 3 is 2.42 bits per heavy atom. The summed E-state index contributed by atoms with van der Waals surface area (Å²) in [6.07, 6.45) is 0. The number of benzene rings is 2. The summed E-state index contributed by atoms with van der Waals surface area (Å²) in [7, 11) is 3.22. The number of rotatable bonds is 7. The fourth-order valence-corrected chi connectivity index (χ4v) is 2.57. The van der Waals surface area contributed by atoms with E-state index in [1.54, 1.807) is 20.3 Å². The first-order chi connectivity index (χ1) is 12.6. The maximum Gasteiger partial charge on any atom is 0.191 e. The van der Waals surface area contributed by atoms with Gasteiger partial charge in [0.15, 0.2) is 17.5 Å². The zero-order chi connectivity index (χ0) is 18.9. The molecule has 26 heavy (non-hydrogen) atoms. The third-order valence-corrected chi connectivity index (χ3v) is 4.30. The monoisotopic (exact) mass is 423 g/mol. The molecule has 0 atom stereocenters. The third-order valence-electron chi connectivity index (χ3n) is 3.66. The zero-order valence-corrected chi connectivity index (χ0v) is 16.7. The van der Waals surface area contributed by atoms with E-state index in [1.165, 1.54) is 6.07 Å². The molecule has 0 saturated carbocycles. The topological polar surface area (TPSA) is 54.9 Å². The highest BCUT2D eigenvalue weighted by molar-refractivity contribution is 9.10. The van der Waals surface area contributed by atoms with E-state index in [9.17, 15) is 4.39 Å². The van der Waals surface area contributed by atoms with Gasteiger partial charge in [-0.25, -0.2) is 9.38 Å². The summed E-state index contributed by atoms with van der Waals surface area (Å²) in [6.45, 7) is 3.67. The summed E-state index contributed by atoms with van der Waals surface area (Å²) in [5.41, 5.74) is 1.83. The summed E-state index contributed by atoms with van der Waals surface area (Å²) in [5.74, 6) is 1.74. The van der Waals surface area contributed by atoms with Crippen molar-refractivity contribution < 1.29 is 13.9 Å². The lowest BCUT2D eigenvalue weighted by Gasteiger charge is -2.13. The Hall–Kier alpha value is -2.28. The van der Waals surface area contributed by atoms with Crippen LogP contribution in [0.4, 0.5) is 4.39 Å². The van der Waals surface area contributed by atoms with Gasteiger partial charge in [0.05, 0.1) is 25.2 Å².